The molecule has 5 heteroatoms. The molecule has 0 unspecified atom stereocenters. The van der Waals surface area contributed by atoms with Crippen molar-refractivity contribution < 1.29 is 9.47 Å². The molecule has 0 atom stereocenters. The van der Waals surface area contributed by atoms with Crippen molar-refractivity contribution >= 4 is 11.8 Å². The quantitative estimate of drug-likeness (QED) is 0.358. The van der Waals surface area contributed by atoms with Crippen LogP contribution in [0.5, 0.6) is 5.75 Å². The lowest BCUT2D eigenvalue weighted by molar-refractivity contribution is 0.303. The van der Waals surface area contributed by atoms with Crippen LogP contribution >= 0.6 is 0 Å². The van der Waals surface area contributed by atoms with Crippen molar-refractivity contribution in [2.75, 3.05) is 14.2 Å². The van der Waals surface area contributed by atoms with Crippen molar-refractivity contribution in [2.24, 2.45) is 4.99 Å². The fourth-order valence-corrected chi connectivity index (χ4v) is 4.16. The van der Waals surface area contributed by atoms with Gasteiger partial charge in [-0.05, 0) is 67.3 Å². The summed E-state index contributed by atoms with van der Waals surface area (Å²) in [5.74, 6) is 1.64. The smallest absolute Gasteiger partial charge is 0.146 e. The average Bonchev–Trinajstić information content (AvgIpc) is 3.54. The van der Waals surface area contributed by atoms with Crippen molar-refractivity contribution in [3.8, 4) is 5.75 Å². The summed E-state index contributed by atoms with van der Waals surface area (Å²) in [5.41, 5.74) is 8.74. The van der Waals surface area contributed by atoms with Crippen LogP contribution < -0.4 is 4.74 Å². The number of rotatable bonds is 10. The molecule has 0 saturated carbocycles. The van der Waals surface area contributed by atoms with E-state index < -0.39 is 0 Å². The molecule has 0 bridgehead atoms. The lowest BCUT2D eigenvalue weighted by Crippen LogP contribution is -1.96. The third-order valence-corrected chi connectivity index (χ3v) is 6.04. The largest absolute Gasteiger partial charge is 0.497 e. The van der Waals surface area contributed by atoms with Crippen molar-refractivity contribution in [3.63, 3.8) is 0 Å². The Morgan fingerprint density at radius 1 is 0.970 bits per heavy atom. The number of ether oxygens (including phenoxy) is 2. The second kappa shape index (κ2) is 10.4. The highest BCUT2D eigenvalue weighted by Crippen LogP contribution is 2.26. The van der Waals surface area contributed by atoms with Gasteiger partial charge < -0.3 is 19.4 Å². The summed E-state index contributed by atoms with van der Waals surface area (Å²) in [7, 11) is 3.38. The Morgan fingerprint density at radius 2 is 1.79 bits per heavy atom. The Bertz CT molecular complexity index is 1180. The normalized spacial score (nSPS) is 14.5. The van der Waals surface area contributed by atoms with Gasteiger partial charge in [0.25, 0.3) is 0 Å². The SMILES string of the molecule is CCCCCc1cc(/C=C2\N=C(c3ccc(Cc4ccc(OC)cc4)[nH]3)C=C2OC)[nH]c1C. The molecule has 0 spiro atoms. The third kappa shape index (κ3) is 5.48. The van der Waals surface area contributed by atoms with Gasteiger partial charge in [-0.1, -0.05) is 31.9 Å². The highest BCUT2D eigenvalue weighted by atomic mass is 16.5. The number of methoxy groups -OCH3 is 2. The van der Waals surface area contributed by atoms with Crippen LogP contribution in [0.2, 0.25) is 0 Å². The van der Waals surface area contributed by atoms with Crippen molar-refractivity contribution in [1.82, 2.24) is 9.97 Å². The van der Waals surface area contributed by atoms with Gasteiger partial charge in [0, 0.05) is 29.6 Å². The molecule has 0 fully saturated rings. The molecule has 172 valence electrons. The maximum absolute atomic E-state index is 5.63. The van der Waals surface area contributed by atoms with Gasteiger partial charge in [0.05, 0.1) is 25.6 Å². The number of hydrogen-bond acceptors (Lipinski definition) is 3. The summed E-state index contributed by atoms with van der Waals surface area (Å²) in [6, 6.07) is 14.6. The first-order chi connectivity index (χ1) is 16.1. The summed E-state index contributed by atoms with van der Waals surface area (Å²) in [6.45, 7) is 4.38. The zero-order valence-corrected chi connectivity index (χ0v) is 20.0. The van der Waals surface area contributed by atoms with Gasteiger partial charge in [-0.2, -0.15) is 0 Å². The monoisotopic (exact) mass is 443 g/mol. The molecule has 1 aliphatic heterocycles. The summed E-state index contributed by atoms with van der Waals surface area (Å²) in [6.07, 6.45) is 9.72. The second-order valence-corrected chi connectivity index (χ2v) is 8.49. The number of H-pyrrole nitrogens is 2. The number of nitrogens with one attached hydrogen (secondary N) is 2. The molecule has 2 N–H and O–H groups in total. The average molecular weight is 444 g/mol. The van der Waals surface area contributed by atoms with Gasteiger partial charge in [-0.15, -0.1) is 0 Å². The van der Waals surface area contributed by atoms with E-state index in [-0.39, 0.29) is 0 Å². The molecule has 0 aliphatic carbocycles. The maximum atomic E-state index is 5.63. The Kier molecular flexibility index (Phi) is 7.18. The number of allylic oxidation sites excluding steroid dienone is 1. The lowest BCUT2D eigenvalue weighted by Gasteiger charge is -2.02. The van der Waals surface area contributed by atoms with E-state index in [1.807, 2.05) is 18.2 Å². The number of aromatic amines is 2. The van der Waals surface area contributed by atoms with Crippen LogP contribution in [-0.4, -0.2) is 29.9 Å². The molecule has 0 amide bonds. The summed E-state index contributed by atoms with van der Waals surface area (Å²) >= 11 is 0. The van der Waals surface area contributed by atoms with E-state index in [0.717, 1.165) is 52.8 Å². The van der Waals surface area contributed by atoms with Crippen molar-refractivity contribution in [1.29, 1.82) is 0 Å². The minimum Gasteiger partial charge on any atom is -0.497 e. The zero-order chi connectivity index (χ0) is 23.2. The number of nitrogens with zero attached hydrogens (tertiary/aromatic N) is 1. The predicted molar refractivity (Wildman–Crippen MR) is 135 cm³/mol. The number of aryl methyl sites for hydroxylation is 2. The van der Waals surface area contributed by atoms with E-state index >= 15 is 0 Å². The molecular weight excluding hydrogens is 410 g/mol. The Hall–Kier alpha value is -3.47. The molecule has 0 saturated heterocycles. The number of aromatic nitrogens is 2. The molecule has 0 radical (unpaired) electrons. The topological polar surface area (TPSA) is 62.4 Å². The highest BCUT2D eigenvalue weighted by molar-refractivity contribution is 6.11. The van der Waals surface area contributed by atoms with E-state index in [1.54, 1.807) is 14.2 Å². The molecule has 4 rings (SSSR count). The fourth-order valence-electron chi connectivity index (χ4n) is 4.16. The molecule has 2 aromatic heterocycles. The molecule has 3 heterocycles. The molecule has 1 aliphatic rings. The Balaban J connectivity index is 1.50. The van der Waals surface area contributed by atoms with Gasteiger partial charge in [0.2, 0.25) is 0 Å². The van der Waals surface area contributed by atoms with Crippen LogP contribution in [0.3, 0.4) is 0 Å². The first-order valence-corrected chi connectivity index (χ1v) is 11.7. The van der Waals surface area contributed by atoms with E-state index in [9.17, 15) is 0 Å². The standard InChI is InChI=1S/C28H33N3O2/c1-5-6-7-8-21-16-23(29-19(21)2)17-27-28(33-4)18-26(31-27)25-14-11-22(30-25)15-20-9-12-24(32-3)13-10-20/h9-14,16-18,29-30H,5-8,15H2,1-4H3/b27-17-. The van der Waals surface area contributed by atoms with Crippen LogP contribution in [0.1, 0.15) is 60.1 Å². The molecule has 33 heavy (non-hydrogen) atoms. The van der Waals surface area contributed by atoms with Gasteiger partial charge in [-0.3, -0.25) is 0 Å². The Morgan fingerprint density at radius 3 is 2.52 bits per heavy atom. The highest BCUT2D eigenvalue weighted by Gasteiger charge is 2.18. The van der Waals surface area contributed by atoms with E-state index in [4.69, 9.17) is 14.5 Å². The minimum atomic E-state index is 0.774. The van der Waals surface area contributed by atoms with Crippen molar-refractivity contribution in [3.05, 3.63) is 93.9 Å². The molecule has 5 nitrogen and oxygen atoms in total. The van der Waals surface area contributed by atoms with Gasteiger partial charge in [-0.25, -0.2) is 4.99 Å². The number of unbranched alkanes of at least 4 members (excludes halogenated alkanes) is 2. The molecule has 1 aromatic carbocycles. The number of hydrogen-bond donors (Lipinski definition) is 2. The molecular formula is C28H33N3O2. The third-order valence-electron chi connectivity index (χ3n) is 6.04. The van der Waals surface area contributed by atoms with Crippen LogP contribution in [-0.2, 0) is 17.6 Å². The van der Waals surface area contributed by atoms with Gasteiger partial charge >= 0.3 is 0 Å². The van der Waals surface area contributed by atoms with E-state index in [1.165, 1.54) is 36.1 Å². The number of benzene rings is 1. The van der Waals surface area contributed by atoms with E-state index in [2.05, 4.69) is 60.2 Å². The predicted octanol–water partition coefficient (Wildman–Crippen LogP) is 6.36. The summed E-state index contributed by atoms with van der Waals surface area (Å²) in [5, 5.41) is 0. The van der Waals surface area contributed by atoms with Crippen LogP contribution in [0.15, 0.2) is 65.0 Å². The number of aliphatic imine (C=N–C) groups is 1. The van der Waals surface area contributed by atoms with Crippen molar-refractivity contribution in [2.45, 2.75) is 46.0 Å². The van der Waals surface area contributed by atoms with Crippen LogP contribution in [0.4, 0.5) is 0 Å². The van der Waals surface area contributed by atoms with Crippen LogP contribution in [0.25, 0.3) is 6.08 Å². The van der Waals surface area contributed by atoms with E-state index in [0.29, 0.717) is 0 Å². The first-order valence-electron chi connectivity index (χ1n) is 11.7. The summed E-state index contributed by atoms with van der Waals surface area (Å²) in [4.78, 5) is 11.9. The molecule has 3 aromatic rings. The fraction of sp³-hybridized carbons (Fsp3) is 0.321. The zero-order valence-electron chi connectivity index (χ0n) is 20.0. The summed E-state index contributed by atoms with van der Waals surface area (Å²) < 4.78 is 10.9. The van der Waals surface area contributed by atoms with Gasteiger partial charge in [0.15, 0.2) is 0 Å². The lowest BCUT2D eigenvalue weighted by atomic mass is 10.1. The Labute approximate surface area is 196 Å². The second-order valence-electron chi connectivity index (χ2n) is 8.49. The van der Waals surface area contributed by atoms with Crippen LogP contribution in [0, 0.1) is 6.92 Å². The van der Waals surface area contributed by atoms with Gasteiger partial charge in [0.1, 0.15) is 17.2 Å². The first kappa shape index (κ1) is 22.7. The maximum Gasteiger partial charge on any atom is 0.146 e. The minimum absolute atomic E-state index is 0.774.